The van der Waals surface area contributed by atoms with Crippen molar-refractivity contribution in [2.24, 2.45) is 0 Å². The van der Waals surface area contributed by atoms with E-state index in [1.54, 1.807) is 4.52 Å². The van der Waals surface area contributed by atoms with E-state index in [0.717, 1.165) is 28.6 Å². The van der Waals surface area contributed by atoms with Gasteiger partial charge in [0.15, 0.2) is 11.5 Å². The number of aromatic nitrogens is 4. The fourth-order valence-corrected chi connectivity index (χ4v) is 2.19. The second-order valence-corrected chi connectivity index (χ2v) is 5.31. The summed E-state index contributed by atoms with van der Waals surface area (Å²) in [5, 5.41) is 15.8. The molecular formula is C16H19N5O. The molecule has 1 unspecified atom stereocenters. The second kappa shape index (κ2) is 6.01. The van der Waals surface area contributed by atoms with E-state index < -0.39 is 0 Å². The fourth-order valence-electron chi connectivity index (χ4n) is 2.19. The van der Waals surface area contributed by atoms with Crippen molar-refractivity contribution in [1.29, 1.82) is 0 Å². The number of aryl methyl sites for hydroxylation is 2. The van der Waals surface area contributed by atoms with Crippen LogP contribution in [0.3, 0.4) is 0 Å². The highest BCUT2D eigenvalue weighted by molar-refractivity contribution is 5.43. The van der Waals surface area contributed by atoms with Crippen molar-refractivity contribution in [2.75, 3.05) is 11.9 Å². The molecule has 0 saturated carbocycles. The Bertz CT molecular complexity index is 783. The lowest BCUT2D eigenvalue weighted by Gasteiger charge is -2.17. The van der Waals surface area contributed by atoms with Gasteiger partial charge in [-0.25, -0.2) is 0 Å². The Hall–Kier alpha value is -2.63. The number of benzene rings is 1. The van der Waals surface area contributed by atoms with E-state index in [1.165, 1.54) is 0 Å². The standard InChI is InChI=1S/C16H19N5O/c1-11-6-4-5-7-14(11)22-12(2)10-17-15-8-9-16-19-18-13(3)21(16)20-15/h4-9,12H,10H2,1-3H3,(H,17,20). The number of anilines is 1. The predicted octanol–water partition coefficient (Wildman–Crippen LogP) is 2.62. The molecule has 0 aliphatic carbocycles. The Morgan fingerprint density at radius 3 is 2.77 bits per heavy atom. The van der Waals surface area contributed by atoms with Gasteiger partial charge in [0.25, 0.3) is 0 Å². The molecule has 1 N–H and O–H groups in total. The molecule has 2 aromatic heterocycles. The van der Waals surface area contributed by atoms with Gasteiger partial charge in [0.05, 0.1) is 6.54 Å². The number of hydrogen-bond donors (Lipinski definition) is 1. The van der Waals surface area contributed by atoms with Crippen LogP contribution in [0.5, 0.6) is 5.75 Å². The SMILES string of the molecule is Cc1ccccc1OC(C)CNc1ccc2nnc(C)n2n1. The van der Waals surface area contributed by atoms with Crippen LogP contribution >= 0.6 is 0 Å². The minimum Gasteiger partial charge on any atom is -0.489 e. The Morgan fingerprint density at radius 2 is 1.95 bits per heavy atom. The smallest absolute Gasteiger partial charge is 0.178 e. The van der Waals surface area contributed by atoms with Gasteiger partial charge in [0.1, 0.15) is 17.7 Å². The molecule has 2 heterocycles. The average Bonchev–Trinajstić information content (AvgIpc) is 2.89. The number of hydrogen-bond acceptors (Lipinski definition) is 5. The summed E-state index contributed by atoms with van der Waals surface area (Å²) in [5.41, 5.74) is 1.88. The number of nitrogens with one attached hydrogen (secondary N) is 1. The molecule has 0 bridgehead atoms. The summed E-state index contributed by atoms with van der Waals surface area (Å²) < 4.78 is 7.66. The molecule has 0 aliphatic rings. The third kappa shape index (κ3) is 3.00. The molecule has 3 aromatic rings. The lowest BCUT2D eigenvalue weighted by Crippen LogP contribution is -2.23. The minimum absolute atomic E-state index is 0.0283. The Balaban J connectivity index is 1.63. The largest absolute Gasteiger partial charge is 0.489 e. The van der Waals surface area contributed by atoms with Crippen molar-refractivity contribution in [3.63, 3.8) is 0 Å². The molecule has 6 heteroatoms. The van der Waals surface area contributed by atoms with Crippen LogP contribution in [0.15, 0.2) is 36.4 Å². The van der Waals surface area contributed by atoms with Crippen LogP contribution in [-0.2, 0) is 0 Å². The van der Waals surface area contributed by atoms with Crippen LogP contribution in [-0.4, -0.2) is 32.5 Å². The Labute approximate surface area is 129 Å². The maximum absolute atomic E-state index is 5.94. The summed E-state index contributed by atoms with van der Waals surface area (Å²) in [6, 6.07) is 11.8. The van der Waals surface area contributed by atoms with E-state index in [1.807, 2.05) is 57.2 Å². The molecule has 1 atom stereocenters. The van der Waals surface area contributed by atoms with E-state index in [4.69, 9.17) is 4.74 Å². The first-order valence-electron chi connectivity index (χ1n) is 7.29. The maximum Gasteiger partial charge on any atom is 0.178 e. The first-order valence-corrected chi connectivity index (χ1v) is 7.29. The molecule has 22 heavy (non-hydrogen) atoms. The third-order valence-electron chi connectivity index (χ3n) is 3.41. The van der Waals surface area contributed by atoms with Gasteiger partial charge in [-0.15, -0.1) is 15.3 Å². The molecule has 0 fully saturated rings. The van der Waals surface area contributed by atoms with E-state index in [0.29, 0.717) is 6.54 Å². The number of rotatable bonds is 5. The summed E-state index contributed by atoms with van der Waals surface area (Å²) >= 11 is 0. The van der Waals surface area contributed by atoms with E-state index in [-0.39, 0.29) is 6.10 Å². The van der Waals surface area contributed by atoms with Crippen LogP contribution in [0.4, 0.5) is 5.82 Å². The van der Waals surface area contributed by atoms with Gasteiger partial charge >= 0.3 is 0 Å². The lowest BCUT2D eigenvalue weighted by atomic mass is 10.2. The average molecular weight is 297 g/mol. The molecule has 0 radical (unpaired) electrons. The van der Waals surface area contributed by atoms with E-state index in [9.17, 15) is 0 Å². The highest BCUT2D eigenvalue weighted by Crippen LogP contribution is 2.18. The van der Waals surface area contributed by atoms with Crippen molar-refractivity contribution in [2.45, 2.75) is 26.9 Å². The summed E-state index contributed by atoms with van der Waals surface area (Å²) in [6.07, 6.45) is 0.0283. The van der Waals surface area contributed by atoms with Crippen LogP contribution in [0.2, 0.25) is 0 Å². The van der Waals surface area contributed by atoms with Crippen LogP contribution in [0.1, 0.15) is 18.3 Å². The van der Waals surface area contributed by atoms with Crippen LogP contribution in [0, 0.1) is 13.8 Å². The Kier molecular flexibility index (Phi) is 3.91. The molecule has 6 nitrogen and oxygen atoms in total. The van der Waals surface area contributed by atoms with E-state index in [2.05, 4.69) is 20.6 Å². The van der Waals surface area contributed by atoms with Gasteiger partial charge in [0, 0.05) is 0 Å². The molecular weight excluding hydrogens is 278 g/mol. The van der Waals surface area contributed by atoms with Crippen molar-refractivity contribution in [3.8, 4) is 5.75 Å². The Morgan fingerprint density at radius 1 is 1.14 bits per heavy atom. The number of ether oxygens (including phenoxy) is 1. The molecule has 114 valence electrons. The third-order valence-corrected chi connectivity index (χ3v) is 3.41. The van der Waals surface area contributed by atoms with Crippen LogP contribution in [0.25, 0.3) is 5.65 Å². The van der Waals surface area contributed by atoms with Gasteiger partial charge in [0.2, 0.25) is 0 Å². The molecule has 3 rings (SSSR count). The molecule has 0 spiro atoms. The number of para-hydroxylation sites is 1. The van der Waals surface area contributed by atoms with Gasteiger partial charge in [-0.05, 0) is 44.5 Å². The van der Waals surface area contributed by atoms with Crippen molar-refractivity contribution < 1.29 is 4.74 Å². The number of nitrogens with zero attached hydrogens (tertiary/aromatic N) is 4. The lowest BCUT2D eigenvalue weighted by molar-refractivity contribution is 0.233. The van der Waals surface area contributed by atoms with Gasteiger partial charge in [-0.3, -0.25) is 0 Å². The highest BCUT2D eigenvalue weighted by Gasteiger charge is 2.08. The first-order chi connectivity index (χ1) is 10.6. The summed E-state index contributed by atoms with van der Waals surface area (Å²) in [7, 11) is 0. The normalized spacial score (nSPS) is 12.3. The molecule has 0 amide bonds. The first kappa shape index (κ1) is 14.3. The summed E-state index contributed by atoms with van der Waals surface area (Å²) in [6.45, 7) is 6.61. The minimum atomic E-state index is 0.0283. The van der Waals surface area contributed by atoms with Crippen molar-refractivity contribution >= 4 is 11.5 Å². The quantitative estimate of drug-likeness (QED) is 0.784. The molecule has 1 aromatic carbocycles. The van der Waals surface area contributed by atoms with Gasteiger partial charge in [-0.2, -0.15) is 4.52 Å². The zero-order valence-electron chi connectivity index (χ0n) is 12.9. The van der Waals surface area contributed by atoms with Gasteiger partial charge in [-0.1, -0.05) is 18.2 Å². The van der Waals surface area contributed by atoms with Gasteiger partial charge < -0.3 is 10.1 Å². The zero-order valence-corrected chi connectivity index (χ0v) is 12.9. The summed E-state index contributed by atoms with van der Waals surface area (Å²) in [4.78, 5) is 0. The fraction of sp³-hybridized carbons (Fsp3) is 0.312. The maximum atomic E-state index is 5.94. The topological polar surface area (TPSA) is 64.3 Å². The van der Waals surface area contributed by atoms with E-state index >= 15 is 0 Å². The zero-order chi connectivity index (χ0) is 15.5. The second-order valence-electron chi connectivity index (χ2n) is 5.31. The van der Waals surface area contributed by atoms with Crippen molar-refractivity contribution in [1.82, 2.24) is 19.8 Å². The number of fused-ring (bicyclic) bond motifs is 1. The highest BCUT2D eigenvalue weighted by atomic mass is 16.5. The molecule has 0 saturated heterocycles. The predicted molar refractivity (Wildman–Crippen MR) is 85.3 cm³/mol. The van der Waals surface area contributed by atoms with Crippen molar-refractivity contribution in [3.05, 3.63) is 47.8 Å². The van der Waals surface area contributed by atoms with Crippen LogP contribution < -0.4 is 10.1 Å². The summed E-state index contributed by atoms with van der Waals surface area (Å²) in [5.74, 6) is 2.45. The molecule has 0 aliphatic heterocycles. The monoisotopic (exact) mass is 297 g/mol.